The SMILES string of the molecule is COc1ccccc1CNC(=O)c1nc(C(=O)N2CCCCC2)n2c1CCCC2. The van der Waals surface area contributed by atoms with E-state index in [1.807, 2.05) is 33.7 Å². The summed E-state index contributed by atoms with van der Waals surface area (Å²) in [5.41, 5.74) is 2.18. The zero-order valence-corrected chi connectivity index (χ0v) is 16.9. The molecule has 1 saturated heterocycles. The number of imidazole rings is 1. The molecule has 4 rings (SSSR count). The molecule has 29 heavy (non-hydrogen) atoms. The average Bonchev–Trinajstić information content (AvgIpc) is 3.17. The van der Waals surface area contributed by atoms with Crippen molar-refractivity contribution in [3.63, 3.8) is 0 Å². The van der Waals surface area contributed by atoms with Crippen LogP contribution in [0.25, 0.3) is 0 Å². The van der Waals surface area contributed by atoms with Gasteiger partial charge in [-0.25, -0.2) is 4.98 Å². The fraction of sp³-hybridized carbons (Fsp3) is 0.500. The number of hydrogen-bond donors (Lipinski definition) is 1. The van der Waals surface area contributed by atoms with Crippen LogP contribution in [0.3, 0.4) is 0 Å². The summed E-state index contributed by atoms with van der Waals surface area (Å²) >= 11 is 0. The number of carbonyl (C=O) groups is 2. The first-order valence-corrected chi connectivity index (χ1v) is 10.5. The molecule has 7 nitrogen and oxygen atoms in total. The summed E-state index contributed by atoms with van der Waals surface area (Å²) in [4.78, 5) is 32.4. The first kappa shape index (κ1) is 19.5. The molecule has 0 saturated carbocycles. The highest BCUT2D eigenvalue weighted by atomic mass is 16.5. The van der Waals surface area contributed by atoms with Crippen molar-refractivity contribution in [3.8, 4) is 5.75 Å². The van der Waals surface area contributed by atoms with E-state index in [9.17, 15) is 9.59 Å². The van der Waals surface area contributed by atoms with Gasteiger partial charge in [0.25, 0.3) is 11.8 Å². The number of piperidine rings is 1. The average molecular weight is 396 g/mol. The molecular weight excluding hydrogens is 368 g/mol. The highest BCUT2D eigenvalue weighted by Gasteiger charge is 2.30. The van der Waals surface area contributed by atoms with Crippen molar-refractivity contribution in [2.45, 2.75) is 51.6 Å². The van der Waals surface area contributed by atoms with Gasteiger partial charge in [-0.2, -0.15) is 0 Å². The van der Waals surface area contributed by atoms with E-state index in [4.69, 9.17) is 4.74 Å². The van der Waals surface area contributed by atoms with E-state index < -0.39 is 0 Å². The summed E-state index contributed by atoms with van der Waals surface area (Å²) in [6, 6.07) is 7.61. The van der Waals surface area contributed by atoms with E-state index >= 15 is 0 Å². The number of ether oxygens (including phenoxy) is 1. The molecule has 0 bridgehead atoms. The largest absolute Gasteiger partial charge is 0.496 e. The molecule has 0 atom stereocenters. The van der Waals surface area contributed by atoms with Crippen LogP contribution in [-0.2, 0) is 19.5 Å². The van der Waals surface area contributed by atoms with Crippen LogP contribution in [0, 0.1) is 0 Å². The number of fused-ring (bicyclic) bond motifs is 1. The fourth-order valence-corrected chi connectivity index (χ4v) is 4.23. The van der Waals surface area contributed by atoms with Crippen LogP contribution in [0.4, 0.5) is 0 Å². The Hall–Kier alpha value is -2.83. The summed E-state index contributed by atoms with van der Waals surface area (Å²) < 4.78 is 7.33. The van der Waals surface area contributed by atoms with Crippen molar-refractivity contribution < 1.29 is 14.3 Å². The Morgan fingerprint density at radius 2 is 1.83 bits per heavy atom. The number of hydrogen-bond acceptors (Lipinski definition) is 4. The molecule has 2 aromatic rings. The maximum atomic E-state index is 13.1. The van der Waals surface area contributed by atoms with E-state index in [-0.39, 0.29) is 11.8 Å². The quantitative estimate of drug-likeness (QED) is 0.843. The third kappa shape index (κ3) is 3.99. The van der Waals surface area contributed by atoms with E-state index in [0.717, 1.165) is 68.7 Å². The number of nitrogens with zero attached hydrogens (tertiary/aromatic N) is 3. The molecule has 0 spiro atoms. The second kappa shape index (κ2) is 8.68. The smallest absolute Gasteiger partial charge is 0.289 e. The van der Waals surface area contributed by atoms with Gasteiger partial charge in [-0.05, 0) is 44.6 Å². The van der Waals surface area contributed by atoms with E-state index in [2.05, 4.69) is 10.3 Å². The van der Waals surface area contributed by atoms with E-state index in [1.54, 1.807) is 7.11 Å². The van der Waals surface area contributed by atoms with Crippen LogP contribution in [0.2, 0.25) is 0 Å². The third-order valence-electron chi connectivity index (χ3n) is 5.80. The van der Waals surface area contributed by atoms with Crippen molar-refractivity contribution in [3.05, 3.63) is 47.0 Å². The molecule has 0 aliphatic carbocycles. The van der Waals surface area contributed by atoms with Gasteiger partial charge in [0, 0.05) is 31.7 Å². The van der Waals surface area contributed by atoms with E-state index in [0.29, 0.717) is 18.1 Å². The Kier molecular flexibility index (Phi) is 5.83. The van der Waals surface area contributed by atoms with Crippen LogP contribution in [-0.4, -0.2) is 46.5 Å². The molecular formula is C22H28N4O3. The lowest BCUT2D eigenvalue weighted by Crippen LogP contribution is -2.37. The normalized spacial score (nSPS) is 16.2. The molecule has 1 aromatic heterocycles. The summed E-state index contributed by atoms with van der Waals surface area (Å²) in [6.07, 6.45) is 6.02. The topological polar surface area (TPSA) is 76.5 Å². The minimum absolute atomic E-state index is 0.0448. The van der Waals surface area contributed by atoms with Crippen molar-refractivity contribution in [2.24, 2.45) is 0 Å². The van der Waals surface area contributed by atoms with Crippen molar-refractivity contribution in [1.29, 1.82) is 0 Å². The predicted octanol–water partition coefficient (Wildman–Crippen LogP) is 2.78. The number of amides is 2. The van der Waals surface area contributed by atoms with Crippen molar-refractivity contribution in [1.82, 2.24) is 19.8 Å². The number of nitrogens with one attached hydrogen (secondary N) is 1. The molecule has 1 fully saturated rings. The minimum Gasteiger partial charge on any atom is -0.496 e. The van der Waals surface area contributed by atoms with Gasteiger partial charge in [-0.1, -0.05) is 18.2 Å². The monoisotopic (exact) mass is 396 g/mol. The van der Waals surface area contributed by atoms with Crippen LogP contribution in [0.5, 0.6) is 5.75 Å². The van der Waals surface area contributed by atoms with Gasteiger partial charge in [0.15, 0.2) is 5.82 Å². The maximum Gasteiger partial charge on any atom is 0.289 e. The second-order valence-corrected chi connectivity index (χ2v) is 7.69. The van der Waals surface area contributed by atoms with Crippen LogP contribution in [0.15, 0.2) is 24.3 Å². The Morgan fingerprint density at radius 1 is 1.07 bits per heavy atom. The van der Waals surface area contributed by atoms with Crippen LogP contribution in [0.1, 0.15) is 64.5 Å². The molecule has 2 aliphatic rings. The van der Waals surface area contributed by atoms with E-state index in [1.165, 1.54) is 6.42 Å². The third-order valence-corrected chi connectivity index (χ3v) is 5.80. The molecule has 0 radical (unpaired) electrons. The Balaban J connectivity index is 1.56. The number of para-hydroxylation sites is 1. The first-order valence-electron chi connectivity index (χ1n) is 10.5. The van der Waals surface area contributed by atoms with Gasteiger partial charge in [0.1, 0.15) is 11.4 Å². The Bertz CT molecular complexity index is 899. The van der Waals surface area contributed by atoms with Crippen molar-refractivity contribution in [2.75, 3.05) is 20.2 Å². The highest BCUT2D eigenvalue weighted by molar-refractivity contribution is 5.97. The number of carbonyl (C=O) groups excluding carboxylic acids is 2. The number of methoxy groups -OCH3 is 1. The van der Waals surface area contributed by atoms with Crippen molar-refractivity contribution >= 4 is 11.8 Å². The lowest BCUT2D eigenvalue weighted by atomic mass is 10.1. The first-order chi connectivity index (χ1) is 14.2. The molecule has 2 amide bonds. The summed E-state index contributed by atoms with van der Waals surface area (Å²) in [7, 11) is 1.62. The molecule has 7 heteroatoms. The number of aromatic nitrogens is 2. The molecule has 154 valence electrons. The van der Waals surface area contributed by atoms with Gasteiger partial charge in [-0.3, -0.25) is 9.59 Å². The van der Waals surface area contributed by atoms with Crippen LogP contribution < -0.4 is 10.1 Å². The fourth-order valence-electron chi connectivity index (χ4n) is 4.23. The molecule has 3 heterocycles. The zero-order valence-electron chi connectivity index (χ0n) is 16.9. The maximum absolute atomic E-state index is 13.1. The highest BCUT2D eigenvalue weighted by Crippen LogP contribution is 2.23. The molecule has 1 aromatic carbocycles. The van der Waals surface area contributed by atoms with Gasteiger partial charge in [0.2, 0.25) is 0 Å². The number of benzene rings is 1. The summed E-state index contributed by atoms with van der Waals surface area (Å²) in [5.74, 6) is 0.876. The summed E-state index contributed by atoms with van der Waals surface area (Å²) in [5, 5.41) is 2.95. The van der Waals surface area contributed by atoms with Gasteiger partial charge in [0.05, 0.1) is 12.8 Å². The van der Waals surface area contributed by atoms with Gasteiger partial charge in [-0.15, -0.1) is 0 Å². The Labute approximate surface area is 171 Å². The van der Waals surface area contributed by atoms with Gasteiger partial charge < -0.3 is 19.5 Å². The van der Waals surface area contributed by atoms with Crippen LogP contribution >= 0.6 is 0 Å². The second-order valence-electron chi connectivity index (χ2n) is 7.69. The number of rotatable bonds is 5. The number of likely N-dealkylation sites (tertiary alicyclic amines) is 1. The predicted molar refractivity (Wildman–Crippen MR) is 109 cm³/mol. The molecule has 1 N–H and O–H groups in total. The molecule has 0 unspecified atom stereocenters. The minimum atomic E-state index is -0.237. The molecule has 2 aliphatic heterocycles. The summed E-state index contributed by atoms with van der Waals surface area (Å²) in [6.45, 7) is 2.65. The zero-order chi connectivity index (χ0) is 20.2. The Morgan fingerprint density at radius 3 is 2.62 bits per heavy atom. The standard InChI is InChI=1S/C22H28N4O3/c1-29-18-11-4-3-9-16(18)15-23-21(27)19-17-10-5-8-14-26(17)20(24-19)22(28)25-12-6-2-7-13-25/h3-4,9,11H,2,5-8,10,12-15H2,1H3,(H,23,27). The lowest BCUT2D eigenvalue weighted by molar-refractivity contribution is 0.0705. The lowest BCUT2D eigenvalue weighted by Gasteiger charge is -2.27. The van der Waals surface area contributed by atoms with Gasteiger partial charge >= 0.3 is 0 Å².